The summed E-state index contributed by atoms with van der Waals surface area (Å²) in [7, 11) is 0. The van der Waals surface area contributed by atoms with Gasteiger partial charge in [-0.25, -0.2) is 4.79 Å². The van der Waals surface area contributed by atoms with E-state index in [0.717, 1.165) is 6.42 Å². The molecule has 0 radical (unpaired) electrons. The minimum absolute atomic E-state index is 0.0276. The molecule has 0 aliphatic carbocycles. The van der Waals surface area contributed by atoms with E-state index >= 15 is 0 Å². The lowest BCUT2D eigenvalue weighted by atomic mass is 9.94. The fourth-order valence-electron chi connectivity index (χ4n) is 2.59. The third-order valence-corrected chi connectivity index (χ3v) is 3.58. The normalized spacial score (nSPS) is 29.4. The number of nitrogens with one attached hydrogen (secondary N) is 2. The highest BCUT2D eigenvalue weighted by Crippen LogP contribution is 2.39. The molecule has 4 atom stereocenters. The Balaban J connectivity index is 2.39. The van der Waals surface area contributed by atoms with Crippen molar-refractivity contribution in [3.63, 3.8) is 0 Å². The van der Waals surface area contributed by atoms with Crippen molar-refractivity contribution in [2.45, 2.75) is 45.5 Å². The van der Waals surface area contributed by atoms with Crippen LogP contribution in [0.25, 0.3) is 0 Å². The molecule has 0 unspecified atom stereocenters. The van der Waals surface area contributed by atoms with Gasteiger partial charge in [0.25, 0.3) is 5.56 Å². The van der Waals surface area contributed by atoms with Crippen LogP contribution in [-0.4, -0.2) is 28.1 Å². The quantitative estimate of drug-likeness (QED) is 0.785. The third-order valence-electron chi connectivity index (χ3n) is 3.58. The molecule has 0 aromatic carbocycles. The lowest BCUT2D eigenvalue weighted by Gasteiger charge is -2.20. The van der Waals surface area contributed by atoms with Crippen molar-refractivity contribution < 1.29 is 14.3 Å². The summed E-state index contributed by atoms with van der Waals surface area (Å²) >= 11 is 0. The molecule has 1 saturated heterocycles. The first-order valence-corrected chi connectivity index (χ1v) is 6.58. The Bertz CT molecular complexity index is 605. The topological polar surface area (TPSA) is 101 Å². The van der Waals surface area contributed by atoms with E-state index in [1.54, 1.807) is 0 Å². The molecule has 0 bridgehead atoms. The first-order valence-electron chi connectivity index (χ1n) is 6.58. The third kappa shape index (κ3) is 2.67. The monoisotopic (exact) mass is 282 g/mol. The summed E-state index contributed by atoms with van der Waals surface area (Å²) in [6, 6.07) is 0. The largest absolute Gasteiger partial charge is 0.459 e. The van der Waals surface area contributed by atoms with Crippen LogP contribution in [0.15, 0.2) is 15.8 Å². The standard InChI is InChI=1S/C13H18N2O5/c1-4-9-6(2)10(19-7(3)16)11(20-9)8-5-14-13(18)15-12(8)17/h5-6,9-11H,4H2,1-3H3,(H2,14,15,17,18)/t6-,9-,10-,11+/m1/s1. The van der Waals surface area contributed by atoms with Gasteiger partial charge in [0, 0.05) is 19.0 Å². The molecular formula is C13H18N2O5. The molecule has 7 heteroatoms. The number of aromatic nitrogens is 2. The van der Waals surface area contributed by atoms with Crippen LogP contribution in [0.1, 0.15) is 38.9 Å². The molecule has 0 saturated carbocycles. The number of hydrogen-bond donors (Lipinski definition) is 2. The average Bonchev–Trinajstić information content (AvgIpc) is 2.66. The van der Waals surface area contributed by atoms with Crippen LogP contribution in [0.2, 0.25) is 0 Å². The number of aromatic amines is 2. The summed E-state index contributed by atoms with van der Waals surface area (Å²) < 4.78 is 11.1. The van der Waals surface area contributed by atoms with Crippen molar-refractivity contribution in [1.29, 1.82) is 0 Å². The van der Waals surface area contributed by atoms with E-state index in [2.05, 4.69) is 9.97 Å². The number of H-pyrrole nitrogens is 2. The van der Waals surface area contributed by atoms with Crippen molar-refractivity contribution in [3.8, 4) is 0 Å². The van der Waals surface area contributed by atoms with Crippen LogP contribution in [-0.2, 0) is 14.3 Å². The molecule has 2 rings (SSSR count). The molecule has 1 aromatic heterocycles. The summed E-state index contributed by atoms with van der Waals surface area (Å²) in [5.74, 6) is -0.451. The van der Waals surface area contributed by atoms with E-state index in [4.69, 9.17) is 9.47 Å². The number of hydrogen-bond acceptors (Lipinski definition) is 5. The van der Waals surface area contributed by atoms with E-state index in [0.29, 0.717) is 0 Å². The zero-order valence-electron chi connectivity index (χ0n) is 11.6. The highest BCUT2D eigenvalue weighted by atomic mass is 16.6. The second-order valence-electron chi connectivity index (χ2n) is 4.96. The minimum atomic E-state index is -0.667. The van der Waals surface area contributed by atoms with Crippen LogP contribution >= 0.6 is 0 Å². The van der Waals surface area contributed by atoms with E-state index < -0.39 is 29.4 Å². The molecule has 1 aliphatic rings. The molecular weight excluding hydrogens is 264 g/mol. The summed E-state index contributed by atoms with van der Waals surface area (Å²) in [6.07, 6.45) is 0.753. The Morgan fingerprint density at radius 2 is 2.15 bits per heavy atom. The molecule has 110 valence electrons. The molecule has 1 aromatic rings. The summed E-state index contributed by atoms with van der Waals surface area (Å²) in [5.41, 5.74) is -0.848. The number of esters is 1. The Morgan fingerprint density at radius 3 is 2.70 bits per heavy atom. The van der Waals surface area contributed by atoms with Crippen molar-refractivity contribution in [2.24, 2.45) is 5.92 Å². The van der Waals surface area contributed by atoms with Gasteiger partial charge in [0.1, 0.15) is 12.2 Å². The van der Waals surface area contributed by atoms with Crippen LogP contribution in [0.3, 0.4) is 0 Å². The van der Waals surface area contributed by atoms with Gasteiger partial charge in [-0.1, -0.05) is 13.8 Å². The second kappa shape index (κ2) is 5.62. The maximum absolute atomic E-state index is 11.9. The number of carbonyl (C=O) groups is 1. The van der Waals surface area contributed by atoms with Gasteiger partial charge in [0.15, 0.2) is 0 Å². The zero-order chi connectivity index (χ0) is 14.9. The number of rotatable bonds is 3. The van der Waals surface area contributed by atoms with E-state index in [9.17, 15) is 14.4 Å². The molecule has 1 aliphatic heterocycles. The van der Waals surface area contributed by atoms with Crippen molar-refractivity contribution in [3.05, 3.63) is 32.6 Å². The SMILES string of the molecule is CC[C@H]1O[C@@H](c2c[nH]c(=O)[nH]c2=O)[C@H](OC(C)=O)[C@@H]1C. The van der Waals surface area contributed by atoms with Gasteiger partial charge in [0.05, 0.1) is 11.7 Å². The van der Waals surface area contributed by atoms with Crippen LogP contribution in [0.5, 0.6) is 0 Å². The molecule has 7 nitrogen and oxygen atoms in total. The molecule has 0 spiro atoms. The summed E-state index contributed by atoms with van der Waals surface area (Å²) in [4.78, 5) is 38.7. The molecule has 20 heavy (non-hydrogen) atoms. The lowest BCUT2D eigenvalue weighted by Crippen LogP contribution is -2.32. The molecule has 2 N–H and O–H groups in total. The van der Waals surface area contributed by atoms with Gasteiger partial charge in [-0.05, 0) is 6.42 Å². The van der Waals surface area contributed by atoms with E-state index in [-0.39, 0.29) is 17.6 Å². The number of ether oxygens (including phenoxy) is 2. The second-order valence-corrected chi connectivity index (χ2v) is 4.96. The summed E-state index contributed by atoms with van der Waals surface area (Å²) in [5, 5.41) is 0. The molecule has 0 amide bonds. The van der Waals surface area contributed by atoms with Crippen molar-refractivity contribution in [1.82, 2.24) is 9.97 Å². The van der Waals surface area contributed by atoms with Crippen LogP contribution in [0, 0.1) is 5.92 Å². The highest BCUT2D eigenvalue weighted by molar-refractivity contribution is 5.66. The lowest BCUT2D eigenvalue weighted by molar-refractivity contribution is -0.150. The van der Waals surface area contributed by atoms with Gasteiger partial charge >= 0.3 is 11.7 Å². The van der Waals surface area contributed by atoms with Crippen LogP contribution in [0.4, 0.5) is 0 Å². The Kier molecular flexibility index (Phi) is 4.08. The van der Waals surface area contributed by atoms with Gasteiger partial charge in [0.2, 0.25) is 0 Å². The zero-order valence-corrected chi connectivity index (χ0v) is 11.6. The Morgan fingerprint density at radius 1 is 1.45 bits per heavy atom. The molecule has 1 fully saturated rings. The van der Waals surface area contributed by atoms with Gasteiger partial charge in [-0.3, -0.25) is 14.6 Å². The van der Waals surface area contributed by atoms with Gasteiger partial charge < -0.3 is 14.5 Å². The fraction of sp³-hybridized carbons (Fsp3) is 0.615. The Hall–Kier alpha value is -1.89. The predicted molar refractivity (Wildman–Crippen MR) is 70.3 cm³/mol. The minimum Gasteiger partial charge on any atom is -0.459 e. The first kappa shape index (κ1) is 14.5. The highest BCUT2D eigenvalue weighted by Gasteiger charge is 2.45. The molecule has 2 heterocycles. The maximum Gasteiger partial charge on any atom is 0.325 e. The van der Waals surface area contributed by atoms with Crippen molar-refractivity contribution in [2.75, 3.05) is 0 Å². The average molecular weight is 282 g/mol. The van der Waals surface area contributed by atoms with Crippen molar-refractivity contribution >= 4 is 5.97 Å². The summed E-state index contributed by atoms with van der Waals surface area (Å²) in [6.45, 7) is 5.20. The predicted octanol–water partition coefficient (Wildman–Crippen LogP) is 0.481. The van der Waals surface area contributed by atoms with E-state index in [1.165, 1.54) is 13.1 Å². The van der Waals surface area contributed by atoms with Crippen LogP contribution < -0.4 is 11.2 Å². The number of carbonyl (C=O) groups excluding carboxylic acids is 1. The maximum atomic E-state index is 11.9. The fourth-order valence-corrected chi connectivity index (χ4v) is 2.59. The van der Waals surface area contributed by atoms with Gasteiger partial charge in [-0.2, -0.15) is 0 Å². The smallest absolute Gasteiger partial charge is 0.325 e. The first-order chi connectivity index (χ1) is 9.43. The van der Waals surface area contributed by atoms with Gasteiger partial charge in [-0.15, -0.1) is 0 Å². The Labute approximate surface area is 115 Å². The van der Waals surface area contributed by atoms with E-state index in [1.807, 2.05) is 13.8 Å².